The summed E-state index contributed by atoms with van der Waals surface area (Å²) >= 11 is 15.7. The number of anilines is 2. The van der Waals surface area contributed by atoms with Crippen LogP contribution in [0.4, 0.5) is 15.8 Å². The number of benzene rings is 2. The quantitative estimate of drug-likeness (QED) is 0.225. The van der Waals surface area contributed by atoms with Gasteiger partial charge in [0.15, 0.2) is 5.11 Å². The summed E-state index contributed by atoms with van der Waals surface area (Å²) in [6, 6.07) is 18.3. The van der Waals surface area contributed by atoms with E-state index in [4.69, 9.17) is 33.0 Å². The van der Waals surface area contributed by atoms with Crippen LogP contribution in [0, 0.1) is 5.82 Å². The van der Waals surface area contributed by atoms with Crippen LogP contribution in [0.5, 0.6) is 0 Å². The number of ether oxygens (including phenoxy) is 1. The van der Waals surface area contributed by atoms with Crippen LogP contribution in [0.15, 0.2) is 81.8 Å². The van der Waals surface area contributed by atoms with E-state index in [0.29, 0.717) is 43.1 Å². The Kier molecular flexibility index (Phi) is 7.75. The molecule has 2 atom stereocenters. The first-order valence-corrected chi connectivity index (χ1v) is 13.1. The Labute approximate surface area is 237 Å². The van der Waals surface area contributed by atoms with E-state index in [-0.39, 0.29) is 24.4 Å². The topological polar surface area (TPSA) is 79.6 Å². The van der Waals surface area contributed by atoms with Crippen LogP contribution in [-0.2, 0) is 9.53 Å². The minimum atomic E-state index is -0.421. The van der Waals surface area contributed by atoms with Crippen molar-refractivity contribution in [3.63, 3.8) is 0 Å². The highest BCUT2D eigenvalue weighted by atomic mass is 79.9. The summed E-state index contributed by atoms with van der Waals surface area (Å²) in [5.74, 6) is 0.521. The third-order valence-electron chi connectivity index (χ3n) is 5.99. The number of hydrogen-bond donors (Lipinski definition) is 2. The zero-order valence-electron chi connectivity index (χ0n) is 20.0. The number of thiocarbonyl (C=S) groups is 1. The number of carbonyl (C=O) groups is 1. The van der Waals surface area contributed by atoms with E-state index < -0.39 is 6.04 Å². The van der Waals surface area contributed by atoms with Gasteiger partial charge in [0.1, 0.15) is 30.0 Å². The zero-order chi connectivity index (χ0) is 26.8. The second kappa shape index (κ2) is 11.2. The first kappa shape index (κ1) is 26.3. The van der Waals surface area contributed by atoms with Gasteiger partial charge in [0.2, 0.25) is 5.91 Å². The van der Waals surface area contributed by atoms with Crippen molar-refractivity contribution < 1.29 is 18.3 Å². The normalized spacial score (nSPS) is 16.9. The number of rotatable bonds is 7. The first-order valence-electron chi connectivity index (χ1n) is 11.5. The average molecular weight is 616 g/mol. The molecule has 11 heteroatoms. The van der Waals surface area contributed by atoms with Crippen LogP contribution in [0.1, 0.15) is 23.5 Å². The Morgan fingerprint density at radius 1 is 1.24 bits per heavy atom. The van der Waals surface area contributed by atoms with Crippen LogP contribution < -0.4 is 15.5 Å². The summed E-state index contributed by atoms with van der Waals surface area (Å²) in [4.78, 5) is 18.4. The lowest BCUT2D eigenvalue weighted by atomic mass is 10.0. The molecule has 7 nitrogen and oxygen atoms in total. The average Bonchev–Trinajstić information content (AvgIpc) is 3.50. The second-order valence-electron chi connectivity index (χ2n) is 8.47. The van der Waals surface area contributed by atoms with Gasteiger partial charge >= 0.3 is 0 Å². The molecule has 2 aromatic carbocycles. The minimum absolute atomic E-state index is 0.0863. The van der Waals surface area contributed by atoms with Crippen molar-refractivity contribution in [3.8, 4) is 11.3 Å². The second-order valence-corrected chi connectivity index (χ2v) is 10.1. The molecule has 0 aliphatic carbocycles. The Bertz CT molecular complexity index is 1500. The van der Waals surface area contributed by atoms with Gasteiger partial charge in [-0.2, -0.15) is 0 Å². The summed E-state index contributed by atoms with van der Waals surface area (Å²) in [5.41, 5.74) is 2.64. The number of aromatic nitrogens is 1. The molecule has 2 aromatic heterocycles. The van der Waals surface area contributed by atoms with Crippen LogP contribution >= 0.6 is 39.7 Å². The third-order valence-corrected chi connectivity index (χ3v) is 7.28. The van der Waals surface area contributed by atoms with Gasteiger partial charge in [0, 0.05) is 29.0 Å². The number of hydrogen-bond acceptors (Lipinski definition) is 5. The number of nitrogens with zero attached hydrogens (tertiary/aromatic N) is 2. The van der Waals surface area contributed by atoms with E-state index in [9.17, 15) is 9.18 Å². The molecule has 3 heterocycles. The maximum Gasteiger partial charge on any atom is 0.250 e. The molecule has 0 saturated carbocycles. The van der Waals surface area contributed by atoms with E-state index in [1.807, 2.05) is 41.3 Å². The molecule has 5 rings (SSSR count). The Morgan fingerprint density at radius 2 is 2.08 bits per heavy atom. The van der Waals surface area contributed by atoms with Gasteiger partial charge in [-0.1, -0.05) is 17.7 Å². The van der Waals surface area contributed by atoms with E-state index in [2.05, 4.69) is 31.5 Å². The van der Waals surface area contributed by atoms with Gasteiger partial charge in [-0.15, -0.1) is 0 Å². The van der Waals surface area contributed by atoms with Crippen LogP contribution in [0.2, 0.25) is 5.02 Å². The summed E-state index contributed by atoms with van der Waals surface area (Å²) in [6.07, 6.45) is 1.72. The highest BCUT2D eigenvalue weighted by Crippen LogP contribution is 2.44. The predicted molar refractivity (Wildman–Crippen MR) is 152 cm³/mol. The molecule has 1 amide bonds. The molecular formula is C27H21BrClFN4O3S. The fourth-order valence-electron chi connectivity index (χ4n) is 4.34. The van der Waals surface area contributed by atoms with Gasteiger partial charge in [-0.3, -0.25) is 9.78 Å². The van der Waals surface area contributed by atoms with Crippen LogP contribution in [0.25, 0.3) is 11.3 Å². The summed E-state index contributed by atoms with van der Waals surface area (Å²) in [5, 5.41) is 6.89. The van der Waals surface area contributed by atoms with Gasteiger partial charge in [-0.05, 0) is 88.8 Å². The molecule has 0 spiro atoms. The van der Waals surface area contributed by atoms with Crippen molar-refractivity contribution in [2.75, 3.05) is 23.9 Å². The fourth-order valence-corrected chi connectivity index (χ4v) is 5.45. The van der Waals surface area contributed by atoms with E-state index >= 15 is 0 Å². The van der Waals surface area contributed by atoms with Gasteiger partial charge in [-0.25, -0.2) is 4.39 Å². The molecule has 38 heavy (non-hydrogen) atoms. The predicted octanol–water partition coefficient (Wildman–Crippen LogP) is 6.66. The number of amides is 1. The Morgan fingerprint density at radius 3 is 2.79 bits per heavy atom. The van der Waals surface area contributed by atoms with Crippen molar-refractivity contribution in [2.45, 2.75) is 12.1 Å². The molecule has 4 aromatic rings. The summed E-state index contributed by atoms with van der Waals surface area (Å²) in [7, 11) is 1.44. The van der Waals surface area contributed by atoms with Gasteiger partial charge in [0.05, 0.1) is 22.4 Å². The van der Waals surface area contributed by atoms with E-state index in [1.54, 1.807) is 24.4 Å². The first-order chi connectivity index (χ1) is 18.4. The maximum atomic E-state index is 13.7. The molecule has 2 N–H and O–H groups in total. The van der Waals surface area contributed by atoms with Crippen molar-refractivity contribution >= 4 is 62.1 Å². The Balaban J connectivity index is 1.55. The van der Waals surface area contributed by atoms with Crippen molar-refractivity contribution in [1.82, 2.24) is 10.3 Å². The zero-order valence-corrected chi connectivity index (χ0v) is 23.1. The van der Waals surface area contributed by atoms with E-state index in [1.165, 1.54) is 19.2 Å². The summed E-state index contributed by atoms with van der Waals surface area (Å²) in [6.45, 7) is -0.0863. The number of halogens is 3. The number of carbonyl (C=O) groups excluding carboxylic acids is 1. The highest BCUT2D eigenvalue weighted by Gasteiger charge is 2.42. The molecule has 1 aliphatic heterocycles. The van der Waals surface area contributed by atoms with Crippen LogP contribution in [0.3, 0.4) is 0 Å². The molecule has 1 aliphatic rings. The minimum Gasteiger partial charge on any atom is -0.459 e. The molecule has 0 unspecified atom stereocenters. The smallest absolute Gasteiger partial charge is 0.250 e. The van der Waals surface area contributed by atoms with Crippen molar-refractivity contribution in [2.24, 2.45) is 0 Å². The molecule has 1 saturated heterocycles. The lowest BCUT2D eigenvalue weighted by Crippen LogP contribution is -2.29. The fraction of sp³-hybridized carbons (Fsp3) is 0.148. The molecule has 0 bridgehead atoms. The molecule has 194 valence electrons. The lowest BCUT2D eigenvalue weighted by molar-refractivity contribution is -0.119. The van der Waals surface area contributed by atoms with Crippen molar-refractivity contribution in [3.05, 3.63) is 99.7 Å². The Hall–Kier alpha value is -3.31. The number of nitrogens with one attached hydrogen (secondary N) is 2. The largest absolute Gasteiger partial charge is 0.459 e. The summed E-state index contributed by atoms with van der Waals surface area (Å²) < 4.78 is 25.5. The van der Waals surface area contributed by atoms with Crippen LogP contribution in [-0.4, -0.2) is 29.7 Å². The molecule has 0 radical (unpaired) electrons. The van der Waals surface area contributed by atoms with Gasteiger partial charge < -0.3 is 24.7 Å². The number of pyridine rings is 1. The third kappa shape index (κ3) is 5.30. The number of methoxy groups -OCH3 is 1. The lowest BCUT2D eigenvalue weighted by Gasteiger charge is -2.26. The molecular weight excluding hydrogens is 595 g/mol. The number of furan rings is 1. The highest BCUT2D eigenvalue weighted by molar-refractivity contribution is 9.10. The monoisotopic (exact) mass is 614 g/mol. The van der Waals surface area contributed by atoms with E-state index in [0.717, 1.165) is 5.69 Å². The molecule has 1 fully saturated rings. The SMILES string of the molecule is COCC(=O)Nc1ccc(N2C(=S)N[C@H](c3ccccn3)[C@H]2c2ccc(-c3ccc(F)cc3Br)o2)cc1Cl. The standard InChI is InChI=1S/C27H21BrClFN4O3S/c1-36-14-24(35)32-20-8-6-16(13-19(20)29)34-26(25(33-27(34)38)21-4-2-3-11-31-21)23-10-9-22(37-23)17-7-5-15(30)12-18(17)28/h2-13,25-26H,14H2,1H3,(H,32,35)(H,33,38)/t25-,26-/m1/s1. The van der Waals surface area contributed by atoms with Crippen molar-refractivity contribution in [1.29, 1.82) is 0 Å². The van der Waals surface area contributed by atoms with Gasteiger partial charge in [0.25, 0.3) is 0 Å². The maximum absolute atomic E-state index is 13.7.